The van der Waals surface area contributed by atoms with Gasteiger partial charge < -0.3 is 0 Å². The molecule has 0 heterocycles. The zero-order chi connectivity index (χ0) is 15.0. The van der Waals surface area contributed by atoms with Crippen LogP contribution >= 0.6 is 0 Å². The van der Waals surface area contributed by atoms with Gasteiger partial charge >= 0.3 is 117 Å². The fourth-order valence-electron chi connectivity index (χ4n) is 1.58. The molecule has 0 aliphatic heterocycles. The third kappa shape index (κ3) is 3.57. The molecule has 0 aliphatic rings. The molecule has 0 amide bonds. The summed E-state index contributed by atoms with van der Waals surface area (Å²) in [4.78, 5) is 9.99. The molecule has 10 nitrogen and oxygen atoms in total. The van der Waals surface area contributed by atoms with Crippen LogP contribution < -0.4 is 4.46 Å². The van der Waals surface area contributed by atoms with Crippen LogP contribution in [-0.4, -0.2) is 32.5 Å². The number of benzene rings is 1. The Balaban J connectivity index is 3.60. The molecule has 1 aromatic carbocycles. The van der Waals surface area contributed by atoms with Gasteiger partial charge in [-0.05, 0) is 0 Å². The summed E-state index contributed by atoms with van der Waals surface area (Å²) in [7, 11) is 3.74. The van der Waals surface area contributed by atoms with Crippen molar-refractivity contribution in [2.75, 3.05) is 14.1 Å². The Morgan fingerprint density at radius 2 is 1.50 bits per heavy atom. The van der Waals surface area contributed by atoms with Crippen molar-refractivity contribution in [1.82, 2.24) is 4.90 Å². The molecule has 20 heavy (non-hydrogen) atoms. The van der Waals surface area contributed by atoms with Gasteiger partial charge in [-0.25, -0.2) is 0 Å². The molecule has 0 fully saturated rings. The van der Waals surface area contributed by atoms with Gasteiger partial charge in [-0.15, -0.1) is 0 Å². The Labute approximate surface area is 117 Å². The van der Waals surface area contributed by atoms with E-state index in [1.165, 1.54) is 0 Å². The molecule has 0 atom stereocenters. The van der Waals surface area contributed by atoms with E-state index in [0.29, 0.717) is 11.0 Å². The van der Waals surface area contributed by atoms with Crippen LogP contribution in [0, 0.1) is 0 Å². The molecule has 0 aliphatic carbocycles. The molecule has 0 N–H and O–H groups in total. The van der Waals surface area contributed by atoms with Crippen molar-refractivity contribution < 1.29 is 0 Å². The fourth-order valence-corrected chi connectivity index (χ4v) is 4.54. The number of azide groups is 1. The van der Waals surface area contributed by atoms with Crippen LogP contribution in [0.25, 0.3) is 31.3 Å². The Kier molecular flexibility index (Phi) is 5.71. The van der Waals surface area contributed by atoms with Crippen molar-refractivity contribution in [3.8, 4) is 0 Å². The predicted molar refractivity (Wildman–Crippen MR) is 76.7 cm³/mol. The zero-order valence-corrected chi connectivity index (χ0v) is 12.6. The van der Waals surface area contributed by atoms with E-state index in [9.17, 15) is 0 Å². The predicted octanol–water partition coefficient (Wildman–Crippen LogP) is 2.83. The van der Waals surface area contributed by atoms with Crippen molar-refractivity contribution in [1.29, 1.82) is 0 Å². The summed E-state index contributed by atoms with van der Waals surface area (Å²) in [5, 5.41) is 0. The fraction of sp³-hybridized carbons (Fsp3) is 0.333. The van der Waals surface area contributed by atoms with Crippen LogP contribution in [0.5, 0.6) is 0 Å². The van der Waals surface area contributed by atoms with E-state index in [2.05, 4.69) is 27.1 Å². The van der Waals surface area contributed by atoms with Gasteiger partial charge in [0.1, 0.15) is 0 Å². The van der Waals surface area contributed by atoms with Crippen LogP contribution in [-0.2, 0) is 6.54 Å². The molecule has 1 aromatic rings. The third-order valence-corrected chi connectivity index (χ3v) is 6.17. The van der Waals surface area contributed by atoms with Gasteiger partial charge in [0.05, 0.1) is 0 Å². The number of rotatable bonds is 6. The number of hydrogen-bond donors (Lipinski definition) is 0. The van der Waals surface area contributed by atoms with Crippen molar-refractivity contribution >= 4 is 18.0 Å². The van der Waals surface area contributed by atoms with Crippen molar-refractivity contribution in [3.63, 3.8) is 0 Å². The summed E-state index contributed by atoms with van der Waals surface area (Å²) in [5.41, 5.74) is 26.9. The van der Waals surface area contributed by atoms with Gasteiger partial charge in [0, 0.05) is 0 Å². The molecule has 0 spiro atoms. The van der Waals surface area contributed by atoms with E-state index in [1.54, 1.807) is 12.1 Å². The molecule has 0 aromatic heterocycles. The Hall–Kier alpha value is -2.37. The molecule has 0 radical (unpaired) electrons. The average Bonchev–Trinajstić information content (AvgIpc) is 2.39. The second-order valence-electron chi connectivity index (χ2n) is 3.88. The maximum atomic E-state index is 8.71. The monoisotopic (exact) mass is 340 g/mol. The van der Waals surface area contributed by atoms with E-state index >= 15 is 0 Å². The van der Waals surface area contributed by atoms with Crippen LogP contribution in [0.3, 0.4) is 0 Å². The first-order chi connectivity index (χ1) is 9.59. The second-order valence-corrected chi connectivity index (χ2v) is 8.01. The summed E-state index contributed by atoms with van der Waals surface area (Å²) < 4.78 is 11.2. The van der Waals surface area contributed by atoms with Gasteiger partial charge in [-0.1, -0.05) is 0 Å². The van der Waals surface area contributed by atoms with Gasteiger partial charge in [0.25, 0.3) is 0 Å². The molecule has 0 saturated heterocycles. The molecular formula is C9H12N10Se. The summed E-state index contributed by atoms with van der Waals surface area (Å²) in [6, 6.07) is 7.00. The van der Waals surface area contributed by atoms with Crippen molar-refractivity contribution in [2.45, 2.75) is 6.54 Å². The first-order valence-corrected chi connectivity index (χ1v) is 8.50. The van der Waals surface area contributed by atoms with Crippen molar-refractivity contribution in [3.05, 3.63) is 61.2 Å². The Morgan fingerprint density at radius 1 is 1.00 bits per heavy atom. The van der Waals surface area contributed by atoms with Crippen molar-refractivity contribution in [2.24, 2.45) is 12.4 Å². The van der Waals surface area contributed by atoms with Gasteiger partial charge in [0.2, 0.25) is 0 Å². The molecule has 104 valence electrons. The normalized spacial score (nSPS) is 14.2. The van der Waals surface area contributed by atoms with Crippen LogP contribution in [0.1, 0.15) is 5.56 Å². The quantitative estimate of drug-likeness (QED) is 0.333. The summed E-state index contributed by atoms with van der Waals surface area (Å²) in [6.07, 6.45) is 0. The summed E-state index contributed by atoms with van der Waals surface area (Å²) in [5.74, 6) is 0. The van der Waals surface area contributed by atoms with E-state index < -0.39 is 13.5 Å². The van der Waals surface area contributed by atoms with Crippen LogP contribution in [0.2, 0.25) is 0 Å². The minimum atomic E-state index is -3.90. The van der Waals surface area contributed by atoms with E-state index in [0.717, 1.165) is 5.56 Å². The maximum absolute atomic E-state index is 8.71. The molecule has 1 rings (SSSR count). The van der Waals surface area contributed by atoms with Crippen LogP contribution in [0.4, 0.5) is 0 Å². The molecule has 11 heteroatoms. The minimum absolute atomic E-state index is 0.505. The summed E-state index contributed by atoms with van der Waals surface area (Å²) in [6.45, 7) is 0.540. The average molecular weight is 339 g/mol. The number of nitrogens with zero attached hydrogens (tertiary/aromatic N) is 10. The summed E-state index contributed by atoms with van der Waals surface area (Å²) >= 11 is -3.90. The Morgan fingerprint density at radius 3 is 1.95 bits per heavy atom. The van der Waals surface area contributed by atoms with E-state index in [1.807, 2.05) is 31.1 Å². The number of hydrogen-bond acceptors (Lipinski definition) is 4. The topological polar surface area (TPSA) is 150 Å². The molecule has 0 saturated carbocycles. The van der Waals surface area contributed by atoms with E-state index in [-0.39, 0.29) is 0 Å². The van der Waals surface area contributed by atoms with Gasteiger partial charge in [-0.2, -0.15) is 0 Å². The second kappa shape index (κ2) is 7.28. The van der Waals surface area contributed by atoms with Gasteiger partial charge in [-0.3, -0.25) is 0 Å². The zero-order valence-electron chi connectivity index (χ0n) is 10.9. The first-order valence-electron chi connectivity index (χ1n) is 5.34. The third-order valence-electron chi connectivity index (χ3n) is 2.21. The van der Waals surface area contributed by atoms with Crippen LogP contribution in [0.15, 0.2) is 36.7 Å². The molecule has 0 unspecified atom stereocenters. The molecular weight excluding hydrogens is 327 g/mol. The SMILES string of the molecule is CN(C)Cc1ccccc1[Se](N=[N+]=[N-])(N=[N+]=[N-])N=[N+]=[N-]. The standard InChI is InChI=1S/C9H12N10Se/c1-19(2)7-8-5-3-4-6-9(8)20(16-13-10,17-14-11)18-15-12/h3-6H,7H2,1-2H3. The first kappa shape index (κ1) is 15.7. The van der Waals surface area contributed by atoms with E-state index in [4.69, 9.17) is 16.6 Å². The Bertz CT molecular complexity index is 576. The van der Waals surface area contributed by atoms with Gasteiger partial charge in [0.15, 0.2) is 0 Å². The molecule has 0 bridgehead atoms.